The topological polar surface area (TPSA) is 84.5 Å². The average molecular weight is 326 g/mol. The Hall–Kier alpha value is -1.44. The summed E-state index contributed by atoms with van der Waals surface area (Å²) in [6, 6.07) is 4.46. The van der Waals surface area contributed by atoms with E-state index in [0.29, 0.717) is 6.54 Å². The van der Waals surface area contributed by atoms with Crippen molar-refractivity contribution in [2.45, 2.75) is 31.2 Å². The maximum atomic E-state index is 12.7. The van der Waals surface area contributed by atoms with E-state index in [1.54, 1.807) is 13.0 Å². The van der Waals surface area contributed by atoms with Gasteiger partial charge in [-0.3, -0.25) is 0 Å². The highest BCUT2D eigenvalue weighted by atomic mass is 32.2. The van der Waals surface area contributed by atoms with Gasteiger partial charge in [-0.25, -0.2) is 17.9 Å². The molecule has 1 aromatic rings. The summed E-state index contributed by atoms with van der Waals surface area (Å²) >= 11 is 0. The minimum Gasteiger partial charge on any atom is -0.465 e. The second-order valence-corrected chi connectivity index (χ2v) is 7.37. The number of carbonyl (C=O) groups excluding carboxylic acids is 1. The predicted octanol–water partition coefficient (Wildman–Crippen LogP) is 1.06. The van der Waals surface area contributed by atoms with Crippen molar-refractivity contribution in [1.82, 2.24) is 10.0 Å². The van der Waals surface area contributed by atoms with Gasteiger partial charge in [-0.05, 0) is 37.9 Å². The zero-order chi connectivity index (χ0) is 16.3. The van der Waals surface area contributed by atoms with Crippen molar-refractivity contribution >= 4 is 16.0 Å². The normalized spacial score (nSPS) is 22.3. The molecule has 0 amide bonds. The van der Waals surface area contributed by atoms with E-state index >= 15 is 0 Å². The summed E-state index contributed by atoms with van der Waals surface area (Å²) in [7, 11) is -2.55. The summed E-state index contributed by atoms with van der Waals surface area (Å²) in [6.07, 6.45) is 0.908. The highest BCUT2D eigenvalue weighted by Gasteiger charge is 2.29. The smallest absolute Gasteiger partial charge is 0.339 e. The van der Waals surface area contributed by atoms with Gasteiger partial charge in [0.1, 0.15) is 0 Å². The van der Waals surface area contributed by atoms with E-state index < -0.39 is 16.0 Å². The predicted molar refractivity (Wildman–Crippen MR) is 83.3 cm³/mol. The second-order valence-electron chi connectivity index (χ2n) is 5.69. The molecule has 1 saturated heterocycles. The van der Waals surface area contributed by atoms with E-state index in [-0.39, 0.29) is 22.4 Å². The monoisotopic (exact) mass is 326 g/mol. The van der Waals surface area contributed by atoms with Crippen LogP contribution in [-0.4, -0.2) is 40.6 Å². The number of esters is 1. The van der Waals surface area contributed by atoms with Crippen LogP contribution < -0.4 is 10.0 Å². The van der Waals surface area contributed by atoms with Crippen molar-refractivity contribution in [2.24, 2.45) is 5.92 Å². The Balaban J connectivity index is 2.34. The minimum atomic E-state index is -3.79. The largest absolute Gasteiger partial charge is 0.465 e. The van der Waals surface area contributed by atoms with Crippen molar-refractivity contribution < 1.29 is 17.9 Å². The second kappa shape index (κ2) is 6.76. The quantitative estimate of drug-likeness (QED) is 0.808. The lowest BCUT2D eigenvalue weighted by Crippen LogP contribution is -2.50. The summed E-state index contributed by atoms with van der Waals surface area (Å²) in [5.41, 5.74) is 0.860. The summed E-state index contributed by atoms with van der Waals surface area (Å²) in [5, 5.41) is 3.18. The Kier molecular flexibility index (Phi) is 5.20. The Bertz CT molecular complexity index is 658. The first-order valence-corrected chi connectivity index (χ1v) is 8.75. The molecule has 7 heteroatoms. The van der Waals surface area contributed by atoms with Gasteiger partial charge < -0.3 is 10.1 Å². The van der Waals surface area contributed by atoms with Gasteiger partial charge >= 0.3 is 5.97 Å². The third-order valence-corrected chi connectivity index (χ3v) is 5.51. The van der Waals surface area contributed by atoms with Crippen LogP contribution in [0, 0.1) is 12.8 Å². The number of aryl methyl sites for hydroxylation is 1. The highest BCUT2D eigenvalue weighted by molar-refractivity contribution is 7.89. The molecule has 1 aliphatic rings. The van der Waals surface area contributed by atoms with Crippen LogP contribution in [0.5, 0.6) is 0 Å². The first kappa shape index (κ1) is 16.9. The number of sulfonamides is 1. The molecule has 1 aliphatic heterocycles. The molecule has 2 atom stereocenters. The molecule has 1 aromatic carbocycles. The number of hydrogen-bond acceptors (Lipinski definition) is 5. The van der Waals surface area contributed by atoms with Gasteiger partial charge in [0.05, 0.1) is 17.6 Å². The molecule has 0 bridgehead atoms. The van der Waals surface area contributed by atoms with Gasteiger partial charge in [-0.15, -0.1) is 0 Å². The molecule has 0 saturated carbocycles. The standard InChI is InChI=1S/C15H22N2O4S/c1-10-4-5-14(12(8-10)15(18)21-3)22(19,20)17-13-9-16-7-6-11(13)2/h4-5,8,11,13,16-17H,6-7,9H2,1-3H3. The average Bonchev–Trinajstić information content (AvgIpc) is 2.48. The van der Waals surface area contributed by atoms with E-state index in [1.807, 2.05) is 6.92 Å². The number of benzene rings is 1. The van der Waals surface area contributed by atoms with Gasteiger partial charge in [-0.2, -0.15) is 0 Å². The molecule has 0 aromatic heterocycles. The summed E-state index contributed by atoms with van der Waals surface area (Å²) in [4.78, 5) is 11.8. The van der Waals surface area contributed by atoms with E-state index in [2.05, 4.69) is 10.0 Å². The molecule has 22 heavy (non-hydrogen) atoms. The van der Waals surface area contributed by atoms with Crippen LogP contribution in [0.4, 0.5) is 0 Å². The molecule has 2 rings (SSSR count). The van der Waals surface area contributed by atoms with Crippen LogP contribution in [0.2, 0.25) is 0 Å². The fourth-order valence-electron chi connectivity index (χ4n) is 2.56. The van der Waals surface area contributed by atoms with E-state index in [9.17, 15) is 13.2 Å². The Morgan fingerprint density at radius 2 is 2.14 bits per heavy atom. The van der Waals surface area contributed by atoms with Gasteiger partial charge in [-0.1, -0.05) is 18.6 Å². The molecule has 6 nitrogen and oxygen atoms in total. The SMILES string of the molecule is COC(=O)c1cc(C)ccc1S(=O)(=O)NC1CNCCC1C. The first-order chi connectivity index (χ1) is 10.3. The number of carbonyl (C=O) groups is 1. The van der Waals surface area contributed by atoms with E-state index in [4.69, 9.17) is 4.74 Å². The Labute approximate surface area is 131 Å². The molecule has 122 valence electrons. The summed E-state index contributed by atoms with van der Waals surface area (Å²) in [6.45, 7) is 5.28. The number of piperidine rings is 1. The third-order valence-electron chi connectivity index (χ3n) is 3.96. The number of rotatable bonds is 4. The molecule has 0 aliphatic carbocycles. The maximum absolute atomic E-state index is 12.7. The molecule has 2 unspecified atom stereocenters. The number of methoxy groups -OCH3 is 1. The molecule has 2 N–H and O–H groups in total. The summed E-state index contributed by atoms with van der Waals surface area (Å²) < 4.78 is 32.7. The van der Waals surface area contributed by atoms with E-state index in [0.717, 1.165) is 18.5 Å². The van der Waals surface area contributed by atoms with Gasteiger partial charge in [0.25, 0.3) is 0 Å². The molecular weight excluding hydrogens is 304 g/mol. The van der Waals surface area contributed by atoms with Gasteiger partial charge in [0, 0.05) is 12.6 Å². The number of nitrogens with one attached hydrogen (secondary N) is 2. The minimum absolute atomic E-state index is 0.0391. The van der Waals surface area contributed by atoms with Crippen LogP contribution in [0.3, 0.4) is 0 Å². The zero-order valence-corrected chi connectivity index (χ0v) is 13.9. The lowest BCUT2D eigenvalue weighted by atomic mass is 9.96. The Morgan fingerprint density at radius 3 is 2.77 bits per heavy atom. The lowest BCUT2D eigenvalue weighted by molar-refractivity contribution is 0.0596. The molecular formula is C15H22N2O4S. The van der Waals surface area contributed by atoms with Crippen LogP contribution in [-0.2, 0) is 14.8 Å². The zero-order valence-electron chi connectivity index (χ0n) is 13.0. The van der Waals surface area contributed by atoms with Crippen molar-refractivity contribution in [3.63, 3.8) is 0 Å². The van der Waals surface area contributed by atoms with Crippen molar-refractivity contribution in [2.75, 3.05) is 20.2 Å². The Morgan fingerprint density at radius 1 is 1.41 bits per heavy atom. The van der Waals surface area contributed by atoms with Crippen molar-refractivity contribution in [1.29, 1.82) is 0 Å². The fraction of sp³-hybridized carbons (Fsp3) is 0.533. The number of hydrogen-bond donors (Lipinski definition) is 2. The molecule has 0 spiro atoms. The van der Waals surface area contributed by atoms with Crippen LogP contribution in [0.1, 0.15) is 29.3 Å². The fourth-order valence-corrected chi connectivity index (χ4v) is 4.08. The van der Waals surface area contributed by atoms with Crippen LogP contribution >= 0.6 is 0 Å². The molecule has 1 fully saturated rings. The maximum Gasteiger partial charge on any atom is 0.339 e. The summed E-state index contributed by atoms with van der Waals surface area (Å²) in [5.74, 6) is -0.415. The van der Waals surface area contributed by atoms with Gasteiger partial charge in [0.2, 0.25) is 10.0 Å². The third kappa shape index (κ3) is 3.66. The van der Waals surface area contributed by atoms with E-state index in [1.165, 1.54) is 19.2 Å². The van der Waals surface area contributed by atoms with Crippen LogP contribution in [0.25, 0.3) is 0 Å². The molecule has 1 heterocycles. The van der Waals surface area contributed by atoms with Gasteiger partial charge in [0.15, 0.2) is 0 Å². The van der Waals surface area contributed by atoms with Crippen LogP contribution in [0.15, 0.2) is 23.1 Å². The van der Waals surface area contributed by atoms with Crippen molar-refractivity contribution in [3.05, 3.63) is 29.3 Å². The van der Waals surface area contributed by atoms with Crippen molar-refractivity contribution in [3.8, 4) is 0 Å². The first-order valence-electron chi connectivity index (χ1n) is 7.27. The molecule has 0 radical (unpaired) electrons. The number of ether oxygens (including phenoxy) is 1. The highest BCUT2D eigenvalue weighted by Crippen LogP contribution is 2.21. The lowest BCUT2D eigenvalue weighted by Gasteiger charge is -2.30.